The summed E-state index contributed by atoms with van der Waals surface area (Å²) in [6.07, 6.45) is -1.07. The van der Waals surface area contributed by atoms with Crippen LogP contribution in [-0.4, -0.2) is 17.9 Å². The summed E-state index contributed by atoms with van der Waals surface area (Å²) in [5, 5.41) is 0. The molecule has 0 unspecified atom stereocenters. The first-order chi connectivity index (χ1) is 13.5. The molecule has 0 aliphatic carbocycles. The van der Waals surface area contributed by atoms with Crippen molar-refractivity contribution in [3.63, 3.8) is 0 Å². The summed E-state index contributed by atoms with van der Waals surface area (Å²) in [7, 11) is 0. The molecule has 1 heterocycles. The summed E-state index contributed by atoms with van der Waals surface area (Å²) in [6, 6.07) is 14.4. The van der Waals surface area contributed by atoms with E-state index in [1.165, 1.54) is 55.5 Å². The number of hydrogen-bond acceptors (Lipinski definition) is 4. The molecule has 0 saturated carbocycles. The molecule has 0 bridgehead atoms. The summed E-state index contributed by atoms with van der Waals surface area (Å²) in [5.41, 5.74) is 4.53. The molecule has 3 aromatic rings. The second-order valence-electron chi connectivity index (χ2n) is 5.78. The van der Waals surface area contributed by atoms with Gasteiger partial charge in [0, 0.05) is 0 Å². The lowest BCUT2D eigenvalue weighted by atomic mass is 10.1. The SMILES string of the molecule is C[C@@H](Oc1ccccc1F)C(=O)NNC(=O)c1ccc(-c2ccccc2F)o1. The molecule has 6 nitrogen and oxygen atoms in total. The zero-order chi connectivity index (χ0) is 20.1. The van der Waals surface area contributed by atoms with Crippen molar-refractivity contribution in [3.8, 4) is 17.1 Å². The normalized spacial score (nSPS) is 11.5. The second-order valence-corrected chi connectivity index (χ2v) is 5.78. The van der Waals surface area contributed by atoms with E-state index in [-0.39, 0.29) is 22.8 Å². The summed E-state index contributed by atoms with van der Waals surface area (Å²) >= 11 is 0. The van der Waals surface area contributed by atoms with Gasteiger partial charge in [0.25, 0.3) is 5.91 Å². The van der Waals surface area contributed by atoms with Crippen LogP contribution < -0.4 is 15.6 Å². The van der Waals surface area contributed by atoms with Gasteiger partial charge in [-0.05, 0) is 43.3 Å². The third-order valence-electron chi connectivity index (χ3n) is 3.78. The molecule has 0 radical (unpaired) electrons. The summed E-state index contributed by atoms with van der Waals surface area (Å²) in [4.78, 5) is 24.1. The Labute approximate surface area is 159 Å². The monoisotopic (exact) mass is 386 g/mol. The fraction of sp³-hybridized carbons (Fsp3) is 0.100. The van der Waals surface area contributed by atoms with Crippen LogP contribution in [0.2, 0.25) is 0 Å². The predicted molar refractivity (Wildman–Crippen MR) is 96.2 cm³/mol. The minimum absolute atomic E-state index is 0.0861. The lowest BCUT2D eigenvalue weighted by molar-refractivity contribution is -0.128. The Balaban J connectivity index is 1.57. The maximum Gasteiger partial charge on any atom is 0.305 e. The van der Waals surface area contributed by atoms with E-state index in [1.807, 2.05) is 0 Å². The van der Waals surface area contributed by atoms with Crippen LogP contribution in [0.4, 0.5) is 8.78 Å². The number of ether oxygens (including phenoxy) is 1. The number of halogens is 2. The first-order valence-electron chi connectivity index (χ1n) is 8.32. The molecule has 2 amide bonds. The van der Waals surface area contributed by atoms with E-state index in [0.717, 1.165) is 0 Å². The van der Waals surface area contributed by atoms with Gasteiger partial charge in [0.1, 0.15) is 11.6 Å². The zero-order valence-corrected chi connectivity index (χ0v) is 14.7. The molecule has 0 aliphatic rings. The van der Waals surface area contributed by atoms with E-state index in [9.17, 15) is 18.4 Å². The number of hydrogen-bond donors (Lipinski definition) is 2. The van der Waals surface area contributed by atoms with Crippen molar-refractivity contribution in [1.82, 2.24) is 10.9 Å². The van der Waals surface area contributed by atoms with Crippen LogP contribution >= 0.6 is 0 Å². The molecule has 8 heteroatoms. The highest BCUT2D eigenvalue weighted by Gasteiger charge is 2.19. The summed E-state index contributed by atoms with van der Waals surface area (Å²) in [6.45, 7) is 1.40. The molecule has 2 N–H and O–H groups in total. The van der Waals surface area contributed by atoms with E-state index in [0.29, 0.717) is 0 Å². The number of carbonyl (C=O) groups is 2. The van der Waals surface area contributed by atoms with Gasteiger partial charge in [0.15, 0.2) is 23.4 Å². The third-order valence-corrected chi connectivity index (χ3v) is 3.78. The number of furan rings is 1. The fourth-order valence-corrected chi connectivity index (χ4v) is 2.33. The number of rotatable bonds is 5. The van der Waals surface area contributed by atoms with Crippen molar-refractivity contribution in [2.24, 2.45) is 0 Å². The zero-order valence-electron chi connectivity index (χ0n) is 14.7. The van der Waals surface area contributed by atoms with Crippen molar-refractivity contribution in [1.29, 1.82) is 0 Å². The van der Waals surface area contributed by atoms with Crippen molar-refractivity contribution in [2.45, 2.75) is 13.0 Å². The average molecular weight is 386 g/mol. The van der Waals surface area contributed by atoms with E-state index >= 15 is 0 Å². The molecule has 0 spiro atoms. The first kappa shape index (κ1) is 19.1. The van der Waals surface area contributed by atoms with Crippen molar-refractivity contribution < 1.29 is 27.5 Å². The molecule has 3 rings (SSSR count). The van der Waals surface area contributed by atoms with E-state index in [2.05, 4.69) is 10.9 Å². The number of para-hydroxylation sites is 1. The third kappa shape index (κ3) is 4.35. The standard InChI is InChI=1S/C20H16F2N2O4/c1-12(27-17-9-5-4-8-15(17)22)19(25)23-24-20(26)18-11-10-16(28-18)13-6-2-3-7-14(13)21/h2-12H,1H3,(H,23,25)(H,24,26)/t12-/m1/s1. The molecule has 1 atom stereocenters. The Hall–Kier alpha value is -3.68. The largest absolute Gasteiger partial charge is 0.478 e. The molecule has 28 heavy (non-hydrogen) atoms. The van der Waals surface area contributed by atoms with Crippen molar-refractivity contribution >= 4 is 11.8 Å². The van der Waals surface area contributed by atoms with Gasteiger partial charge >= 0.3 is 5.91 Å². The number of benzene rings is 2. The summed E-state index contributed by atoms with van der Waals surface area (Å²) in [5.74, 6) is -2.57. The molecule has 0 aliphatic heterocycles. The quantitative estimate of drug-likeness (QED) is 0.658. The van der Waals surface area contributed by atoms with Crippen molar-refractivity contribution in [3.05, 3.63) is 78.1 Å². The Bertz CT molecular complexity index is 1000. The van der Waals surface area contributed by atoms with Crippen molar-refractivity contribution in [2.75, 3.05) is 0 Å². The Morgan fingerprint density at radius 3 is 2.32 bits per heavy atom. The topological polar surface area (TPSA) is 80.6 Å². The van der Waals surface area contributed by atoms with Crippen LogP contribution in [0.25, 0.3) is 11.3 Å². The fourth-order valence-electron chi connectivity index (χ4n) is 2.33. The maximum atomic E-state index is 13.8. The van der Waals surface area contributed by atoms with E-state index in [1.54, 1.807) is 12.1 Å². The summed E-state index contributed by atoms with van der Waals surface area (Å²) < 4.78 is 37.9. The van der Waals surface area contributed by atoms with Gasteiger partial charge in [-0.25, -0.2) is 8.78 Å². The second kappa shape index (κ2) is 8.34. The highest BCUT2D eigenvalue weighted by molar-refractivity contribution is 5.94. The van der Waals surface area contributed by atoms with Crippen LogP contribution in [0.15, 0.2) is 65.1 Å². The average Bonchev–Trinajstić information content (AvgIpc) is 3.18. The van der Waals surface area contributed by atoms with Crippen LogP contribution in [-0.2, 0) is 4.79 Å². The van der Waals surface area contributed by atoms with Gasteiger partial charge in [-0.15, -0.1) is 0 Å². The van der Waals surface area contributed by atoms with Gasteiger partial charge in [-0.3, -0.25) is 20.4 Å². The van der Waals surface area contributed by atoms with Gasteiger partial charge < -0.3 is 9.15 Å². The number of amides is 2. The lowest BCUT2D eigenvalue weighted by Crippen LogP contribution is -2.47. The smallest absolute Gasteiger partial charge is 0.305 e. The van der Waals surface area contributed by atoms with Crippen LogP contribution in [0.3, 0.4) is 0 Å². The van der Waals surface area contributed by atoms with Crippen LogP contribution in [0.5, 0.6) is 5.75 Å². The lowest BCUT2D eigenvalue weighted by Gasteiger charge is -2.15. The molecular weight excluding hydrogens is 370 g/mol. The highest BCUT2D eigenvalue weighted by atomic mass is 19.1. The number of nitrogens with one attached hydrogen (secondary N) is 2. The molecule has 2 aromatic carbocycles. The molecular formula is C20H16F2N2O4. The Morgan fingerprint density at radius 1 is 0.929 bits per heavy atom. The number of carbonyl (C=O) groups excluding carboxylic acids is 2. The van der Waals surface area contributed by atoms with Crippen LogP contribution in [0.1, 0.15) is 17.5 Å². The first-order valence-corrected chi connectivity index (χ1v) is 8.32. The molecule has 0 saturated heterocycles. The molecule has 0 fully saturated rings. The predicted octanol–water partition coefficient (Wildman–Crippen LogP) is 3.45. The Kier molecular flexibility index (Phi) is 5.69. The van der Waals surface area contributed by atoms with E-state index < -0.39 is 29.6 Å². The number of hydrazine groups is 1. The van der Waals surface area contributed by atoms with Gasteiger partial charge in [-0.2, -0.15) is 0 Å². The van der Waals surface area contributed by atoms with E-state index in [4.69, 9.17) is 9.15 Å². The molecule has 144 valence electrons. The van der Waals surface area contributed by atoms with Gasteiger partial charge in [0.05, 0.1) is 5.56 Å². The van der Waals surface area contributed by atoms with Gasteiger partial charge in [-0.1, -0.05) is 24.3 Å². The Morgan fingerprint density at radius 2 is 1.61 bits per heavy atom. The minimum atomic E-state index is -1.07. The molecule has 1 aromatic heterocycles. The highest BCUT2D eigenvalue weighted by Crippen LogP contribution is 2.24. The van der Waals surface area contributed by atoms with Crippen LogP contribution in [0, 0.1) is 11.6 Å². The minimum Gasteiger partial charge on any atom is -0.478 e. The van der Waals surface area contributed by atoms with Gasteiger partial charge in [0.2, 0.25) is 0 Å². The maximum absolute atomic E-state index is 13.8.